The molecule has 0 amide bonds. The third kappa shape index (κ3) is 8.30. The fourth-order valence-corrected chi connectivity index (χ4v) is 8.19. The number of aromatic hydroxyl groups is 1. The van der Waals surface area contributed by atoms with E-state index < -0.39 is 5.41 Å². The van der Waals surface area contributed by atoms with Gasteiger partial charge in [0.25, 0.3) is 0 Å². The molecule has 56 heavy (non-hydrogen) atoms. The second-order valence-electron chi connectivity index (χ2n) is 19.0. The maximum Gasteiger partial charge on any atom is 0.119 e. The first-order valence-electron chi connectivity index (χ1n) is 22.1. The van der Waals surface area contributed by atoms with E-state index in [4.69, 9.17) is 9.47 Å². The van der Waals surface area contributed by atoms with Crippen molar-refractivity contribution in [1.29, 1.82) is 0 Å². The van der Waals surface area contributed by atoms with Crippen LogP contribution in [-0.4, -0.2) is 18.3 Å². The maximum atomic E-state index is 11.0. The van der Waals surface area contributed by atoms with E-state index in [1.165, 1.54) is 57.3 Å². The van der Waals surface area contributed by atoms with Crippen LogP contribution in [-0.2, 0) is 11.8 Å². The van der Waals surface area contributed by atoms with Gasteiger partial charge in [0.2, 0.25) is 0 Å². The van der Waals surface area contributed by atoms with Crippen LogP contribution in [0, 0.1) is 21.7 Å². The molecule has 3 heteroatoms. The second-order valence-corrected chi connectivity index (χ2v) is 19.0. The van der Waals surface area contributed by atoms with Gasteiger partial charge in [0.05, 0.1) is 18.6 Å². The minimum Gasteiger partial charge on any atom is -0.508 e. The van der Waals surface area contributed by atoms with Gasteiger partial charge in [-0.15, -0.1) is 0 Å². The Balaban J connectivity index is 0.000000784. The molecular weight excluding hydrogens is 685 g/mol. The average molecular weight is 759 g/mol. The van der Waals surface area contributed by atoms with Crippen LogP contribution < -0.4 is 9.47 Å². The van der Waals surface area contributed by atoms with Gasteiger partial charge in [0.1, 0.15) is 17.2 Å². The predicted octanol–water partition coefficient (Wildman–Crippen LogP) is 15.3. The number of phenolic OH excluding ortho intramolecular Hbond substituents is 1. The molecule has 1 unspecified atom stereocenters. The zero-order chi connectivity index (χ0) is 41.1. The van der Waals surface area contributed by atoms with Crippen molar-refractivity contribution in [3.63, 3.8) is 0 Å². The third-order valence-electron chi connectivity index (χ3n) is 15.1. The minimum absolute atomic E-state index is 0.127. The molecule has 1 N–H and O–H groups in total. The van der Waals surface area contributed by atoms with Crippen molar-refractivity contribution in [3.05, 3.63) is 101 Å². The molecule has 0 radical (unpaired) electrons. The van der Waals surface area contributed by atoms with Crippen LogP contribution in [0.15, 0.2) is 72.8 Å². The van der Waals surface area contributed by atoms with Crippen molar-refractivity contribution in [1.82, 2.24) is 0 Å². The Hall–Kier alpha value is -3.72. The van der Waals surface area contributed by atoms with Crippen molar-refractivity contribution < 1.29 is 14.6 Å². The third-order valence-corrected chi connectivity index (χ3v) is 15.1. The number of hydrogen-bond donors (Lipinski definition) is 1. The molecule has 0 saturated carbocycles. The lowest BCUT2D eigenvalue weighted by atomic mass is 9.70. The minimum atomic E-state index is -0.580. The molecule has 0 fully saturated rings. The quantitative estimate of drug-likeness (QED) is 0.107. The Morgan fingerprint density at radius 3 is 1.39 bits per heavy atom. The molecule has 1 atom stereocenters. The molecular formula is C53H74O3. The highest BCUT2D eigenvalue weighted by atomic mass is 16.5. The lowest BCUT2D eigenvalue weighted by Gasteiger charge is -2.32. The number of fused-ring (bicyclic) bond motifs is 10. The predicted molar refractivity (Wildman–Crippen MR) is 240 cm³/mol. The topological polar surface area (TPSA) is 38.7 Å². The molecule has 304 valence electrons. The van der Waals surface area contributed by atoms with Crippen LogP contribution in [0.2, 0.25) is 0 Å². The Morgan fingerprint density at radius 2 is 0.893 bits per heavy atom. The smallest absolute Gasteiger partial charge is 0.119 e. The first-order chi connectivity index (χ1) is 26.5. The van der Waals surface area contributed by atoms with Gasteiger partial charge in [0.15, 0.2) is 0 Å². The summed E-state index contributed by atoms with van der Waals surface area (Å²) in [6, 6.07) is 26.5. The van der Waals surface area contributed by atoms with Gasteiger partial charge in [-0.2, -0.15) is 0 Å². The molecule has 1 spiro atoms. The highest BCUT2D eigenvalue weighted by molar-refractivity contribution is 5.96. The highest BCUT2D eigenvalue weighted by Crippen LogP contribution is 2.64. The van der Waals surface area contributed by atoms with Crippen molar-refractivity contribution in [2.75, 3.05) is 13.2 Å². The summed E-state index contributed by atoms with van der Waals surface area (Å²) < 4.78 is 13.2. The molecule has 0 bridgehead atoms. The summed E-state index contributed by atoms with van der Waals surface area (Å²) in [4.78, 5) is 0. The van der Waals surface area contributed by atoms with E-state index in [9.17, 15) is 5.11 Å². The van der Waals surface area contributed by atoms with Gasteiger partial charge in [-0.3, -0.25) is 0 Å². The summed E-state index contributed by atoms with van der Waals surface area (Å²) >= 11 is 0. The van der Waals surface area contributed by atoms with E-state index in [-0.39, 0.29) is 22.0 Å². The Morgan fingerprint density at radius 1 is 0.446 bits per heavy atom. The summed E-state index contributed by atoms with van der Waals surface area (Å²) in [6.45, 7) is 31.1. The molecule has 3 nitrogen and oxygen atoms in total. The van der Waals surface area contributed by atoms with E-state index in [0.717, 1.165) is 62.0 Å². The van der Waals surface area contributed by atoms with E-state index >= 15 is 0 Å². The normalized spacial score (nSPS) is 15.8. The van der Waals surface area contributed by atoms with Gasteiger partial charge in [0, 0.05) is 10.8 Å². The van der Waals surface area contributed by atoms with Gasteiger partial charge < -0.3 is 14.6 Å². The average Bonchev–Trinajstić information content (AvgIpc) is 3.67. The summed E-state index contributed by atoms with van der Waals surface area (Å²) in [5, 5.41) is 11.0. The van der Waals surface area contributed by atoms with E-state index in [2.05, 4.69) is 151 Å². The number of rotatable bonds is 16. The van der Waals surface area contributed by atoms with Crippen LogP contribution in [0.3, 0.4) is 0 Å². The van der Waals surface area contributed by atoms with E-state index in [1.54, 1.807) is 0 Å². The molecule has 0 aliphatic heterocycles. The van der Waals surface area contributed by atoms with Gasteiger partial charge >= 0.3 is 0 Å². The number of phenols is 1. The molecule has 2 aliphatic rings. The fraction of sp³-hybridized carbons (Fsp3) is 0.547. The first-order valence-corrected chi connectivity index (χ1v) is 22.1. The zero-order valence-corrected chi connectivity index (χ0v) is 37.5. The standard InChI is InChI=1S/C46H58O3.C7H16/c1-10-43(7,11-2)28-31-16-22-39-37(24-31)38-26-33(48-29-44(8,12-3)13-4)19-23-40(38)46(39)41-25-32(47)17-20-35(41)36-21-18-34(27-42(36)46)49-30-45(9,14-5)15-6;1-5-7(3,4)6-2/h16-27,47H,10-15,28-30H2,1-9H3;5-6H2,1-4H3. The van der Waals surface area contributed by atoms with Crippen molar-refractivity contribution in [2.24, 2.45) is 21.7 Å². The Bertz CT molecular complexity index is 1950. The van der Waals surface area contributed by atoms with E-state index in [0.29, 0.717) is 18.6 Å². The monoisotopic (exact) mass is 759 g/mol. The lowest BCUT2D eigenvalue weighted by molar-refractivity contribution is 0.152. The van der Waals surface area contributed by atoms with Crippen molar-refractivity contribution >= 4 is 0 Å². The lowest BCUT2D eigenvalue weighted by Crippen LogP contribution is -2.26. The van der Waals surface area contributed by atoms with Crippen LogP contribution in [0.4, 0.5) is 0 Å². The molecule has 4 aromatic rings. The van der Waals surface area contributed by atoms with Crippen molar-refractivity contribution in [3.8, 4) is 39.5 Å². The van der Waals surface area contributed by atoms with Crippen molar-refractivity contribution in [2.45, 2.75) is 153 Å². The van der Waals surface area contributed by atoms with Crippen LogP contribution >= 0.6 is 0 Å². The van der Waals surface area contributed by atoms with Crippen LogP contribution in [0.1, 0.15) is 169 Å². The second kappa shape index (κ2) is 17.0. The van der Waals surface area contributed by atoms with Gasteiger partial charge in [-0.05, 0) is 129 Å². The Kier molecular flexibility index (Phi) is 13.2. The van der Waals surface area contributed by atoms with Gasteiger partial charge in [-0.1, -0.05) is 152 Å². The van der Waals surface area contributed by atoms with Crippen LogP contribution in [0.25, 0.3) is 22.3 Å². The number of benzene rings is 4. The Labute approximate surface area is 341 Å². The van der Waals surface area contributed by atoms with Crippen LogP contribution in [0.5, 0.6) is 17.2 Å². The number of hydrogen-bond acceptors (Lipinski definition) is 3. The largest absolute Gasteiger partial charge is 0.508 e. The summed E-state index contributed by atoms with van der Waals surface area (Å²) in [7, 11) is 0. The van der Waals surface area contributed by atoms with E-state index in [1.807, 2.05) is 12.1 Å². The molecule has 0 aromatic heterocycles. The molecule has 0 saturated heterocycles. The molecule has 6 rings (SSSR count). The fourth-order valence-electron chi connectivity index (χ4n) is 8.19. The first kappa shape index (κ1) is 43.4. The molecule has 4 aromatic carbocycles. The summed E-state index contributed by atoms with van der Waals surface area (Å²) in [5.41, 5.74) is 11.6. The SMILES string of the molecule is CCC(C)(C)CC.CCC(C)(CC)COc1ccc2c(c1)-c1cc(CC(C)(CC)CC)ccc1C21c2cc(O)ccc2-c2ccc(OCC(C)(CC)CC)cc21. The molecule has 2 aliphatic carbocycles. The highest BCUT2D eigenvalue weighted by Gasteiger charge is 2.52. The molecule has 0 heterocycles. The summed E-state index contributed by atoms with van der Waals surface area (Å²) in [6.07, 6.45) is 10.2. The maximum absolute atomic E-state index is 11.0. The summed E-state index contributed by atoms with van der Waals surface area (Å²) in [5.74, 6) is 2.10. The van der Waals surface area contributed by atoms with Gasteiger partial charge in [-0.25, -0.2) is 0 Å². The zero-order valence-electron chi connectivity index (χ0n) is 37.5. The number of ether oxygens (including phenoxy) is 2.